The Morgan fingerprint density at radius 2 is 2.16 bits per heavy atom. The van der Waals surface area contributed by atoms with Crippen molar-refractivity contribution in [3.05, 3.63) is 0 Å². The van der Waals surface area contributed by atoms with E-state index in [1.54, 1.807) is 14.0 Å². The molecule has 112 valence electrons. The number of carbonyl (C=O) groups is 1. The zero-order valence-corrected chi connectivity index (χ0v) is 12.5. The Labute approximate surface area is 116 Å². The van der Waals surface area contributed by atoms with Gasteiger partial charge in [0.15, 0.2) is 0 Å². The van der Waals surface area contributed by atoms with Crippen molar-refractivity contribution in [1.82, 2.24) is 4.90 Å². The predicted molar refractivity (Wildman–Crippen MR) is 74.9 cm³/mol. The van der Waals surface area contributed by atoms with E-state index in [1.165, 1.54) is 13.5 Å². The molecule has 0 aromatic rings. The molecule has 2 N–H and O–H groups in total. The minimum absolute atomic E-state index is 0.325. The second-order valence-corrected chi connectivity index (χ2v) is 5.78. The van der Waals surface area contributed by atoms with Gasteiger partial charge in [-0.05, 0) is 51.6 Å². The van der Waals surface area contributed by atoms with Crippen LogP contribution in [0.3, 0.4) is 0 Å². The zero-order chi connectivity index (χ0) is 14.3. The van der Waals surface area contributed by atoms with E-state index >= 15 is 0 Å². The maximum absolute atomic E-state index is 11.4. The van der Waals surface area contributed by atoms with Crippen LogP contribution in [0.15, 0.2) is 0 Å². The summed E-state index contributed by atoms with van der Waals surface area (Å²) in [5.74, 6) is 0.355. The molecule has 2 unspecified atom stereocenters. The van der Waals surface area contributed by atoms with Gasteiger partial charge in [-0.15, -0.1) is 0 Å². The number of nitrogens with two attached hydrogens (primary N) is 1. The van der Waals surface area contributed by atoms with Crippen molar-refractivity contribution in [2.75, 3.05) is 40.5 Å². The summed E-state index contributed by atoms with van der Waals surface area (Å²) in [7, 11) is 3.14. The van der Waals surface area contributed by atoms with E-state index in [0.29, 0.717) is 12.3 Å². The molecule has 5 nitrogen and oxygen atoms in total. The first kappa shape index (κ1) is 16.4. The summed E-state index contributed by atoms with van der Waals surface area (Å²) in [4.78, 5) is 13.9. The van der Waals surface area contributed by atoms with Gasteiger partial charge in [0.25, 0.3) is 0 Å². The molecule has 1 aliphatic heterocycles. The fraction of sp³-hybridized carbons (Fsp3) is 0.929. The number of esters is 1. The van der Waals surface area contributed by atoms with Crippen LogP contribution in [0.2, 0.25) is 0 Å². The predicted octanol–water partition coefficient (Wildman–Crippen LogP) is 1.02. The molecule has 0 radical (unpaired) electrons. The Hall–Kier alpha value is -0.650. The van der Waals surface area contributed by atoms with Gasteiger partial charge >= 0.3 is 5.97 Å². The summed E-state index contributed by atoms with van der Waals surface area (Å²) in [6.07, 6.45) is 3.93. The number of ether oxygens (including phenoxy) is 2. The molecule has 1 rings (SSSR count). The van der Waals surface area contributed by atoms with E-state index in [1.807, 2.05) is 0 Å². The molecular formula is C14H28N2O3. The fourth-order valence-electron chi connectivity index (χ4n) is 2.65. The number of likely N-dealkylation sites (tertiary alicyclic amines) is 1. The normalized spacial score (nSPS) is 23.3. The monoisotopic (exact) mass is 272 g/mol. The van der Waals surface area contributed by atoms with Crippen LogP contribution in [0, 0.1) is 5.92 Å². The molecule has 0 aromatic carbocycles. The lowest BCUT2D eigenvalue weighted by Gasteiger charge is -2.22. The maximum Gasteiger partial charge on any atom is 0.325 e. The Morgan fingerprint density at radius 1 is 1.42 bits per heavy atom. The van der Waals surface area contributed by atoms with E-state index in [9.17, 15) is 4.79 Å². The van der Waals surface area contributed by atoms with Crippen LogP contribution >= 0.6 is 0 Å². The first-order valence-electron chi connectivity index (χ1n) is 7.08. The van der Waals surface area contributed by atoms with E-state index < -0.39 is 5.54 Å². The molecule has 0 amide bonds. The van der Waals surface area contributed by atoms with Crippen LogP contribution in [0.5, 0.6) is 0 Å². The minimum atomic E-state index is -0.849. The number of unbranched alkanes of at least 4 members (excludes halogenated alkanes) is 1. The van der Waals surface area contributed by atoms with Crippen molar-refractivity contribution < 1.29 is 14.3 Å². The Bertz CT molecular complexity index is 282. The van der Waals surface area contributed by atoms with Crippen LogP contribution in [0.4, 0.5) is 0 Å². The van der Waals surface area contributed by atoms with E-state index in [-0.39, 0.29) is 5.97 Å². The molecule has 1 fully saturated rings. The third-order valence-electron chi connectivity index (χ3n) is 3.84. The fourth-order valence-corrected chi connectivity index (χ4v) is 2.65. The molecule has 0 spiro atoms. The lowest BCUT2D eigenvalue weighted by Crippen LogP contribution is -2.45. The second kappa shape index (κ2) is 7.82. The van der Waals surface area contributed by atoms with Gasteiger partial charge in [0.1, 0.15) is 5.54 Å². The lowest BCUT2D eigenvalue weighted by molar-refractivity contribution is -0.146. The van der Waals surface area contributed by atoms with Gasteiger partial charge in [0, 0.05) is 13.7 Å². The Balaban J connectivity index is 2.13. The summed E-state index contributed by atoms with van der Waals surface area (Å²) in [6.45, 7) is 5.97. The van der Waals surface area contributed by atoms with Gasteiger partial charge in [-0.3, -0.25) is 4.79 Å². The summed E-state index contributed by atoms with van der Waals surface area (Å²) >= 11 is 0. The van der Waals surface area contributed by atoms with E-state index in [0.717, 1.165) is 39.1 Å². The number of carbonyl (C=O) groups excluding carboxylic acids is 1. The van der Waals surface area contributed by atoms with Crippen LogP contribution in [0.25, 0.3) is 0 Å². The molecule has 2 atom stereocenters. The largest absolute Gasteiger partial charge is 0.468 e. The number of nitrogens with zero attached hydrogens (tertiary/aromatic N) is 1. The van der Waals surface area contributed by atoms with Gasteiger partial charge < -0.3 is 20.1 Å². The van der Waals surface area contributed by atoms with Crippen molar-refractivity contribution in [3.63, 3.8) is 0 Å². The van der Waals surface area contributed by atoms with Crippen LogP contribution in [0.1, 0.15) is 32.6 Å². The van der Waals surface area contributed by atoms with Gasteiger partial charge in [-0.1, -0.05) is 0 Å². The van der Waals surface area contributed by atoms with E-state index in [4.69, 9.17) is 15.2 Å². The van der Waals surface area contributed by atoms with Crippen molar-refractivity contribution in [1.29, 1.82) is 0 Å². The molecule has 0 aliphatic carbocycles. The first-order chi connectivity index (χ1) is 8.99. The summed E-state index contributed by atoms with van der Waals surface area (Å²) in [5, 5.41) is 0. The van der Waals surface area contributed by atoms with Crippen molar-refractivity contribution in [2.45, 2.75) is 38.1 Å². The molecule has 5 heteroatoms. The molecule has 0 saturated carbocycles. The zero-order valence-electron chi connectivity index (χ0n) is 12.5. The quantitative estimate of drug-likeness (QED) is 0.528. The van der Waals surface area contributed by atoms with Crippen LogP contribution in [-0.2, 0) is 14.3 Å². The topological polar surface area (TPSA) is 64.8 Å². The average Bonchev–Trinajstić information content (AvgIpc) is 2.82. The summed E-state index contributed by atoms with van der Waals surface area (Å²) in [5.41, 5.74) is 5.07. The highest BCUT2D eigenvalue weighted by Gasteiger charge is 2.28. The van der Waals surface area contributed by atoms with Gasteiger partial charge in [-0.25, -0.2) is 0 Å². The molecule has 1 heterocycles. The average molecular weight is 272 g/mol. The molecule has 1 aliphatic rings. The van der Waals surface area contributed by atoms with Crippen LogP contribution in [-0.4, -0.2) is 56.9 Å². The molecule has 1 saturated heterocycles. The molecule has 0 bridgehead atoms. The smallest absolute Gasteiger partial charge is 0.325 e. The number of hydrogen-bond acceptors (Lipinski definition) is 5. The maximum atomic E-state index is 11.4. The van der Waals surface area contributed by atoms with E-state index in [2.05, 4.69) is 4.90 Å². The molecule has 19 heavy (non-hydrogen) atoms. The van der Waals surface area contributed by atoms with Crippen molar-refractivity contribution in [3.8, 4) is 0 Å². The third-order valence-corrected chi connectivity index (χ3v) is 3.84. The highest BCUT2D eigenvalue weighted by atomic mass is 16.5. The van der Waals surface area contributed by atoms with Crippen molar-refractivity contribution >= 4 is 5.97 Å². The summed E-state index contributed by atoms with van der Waals surface area (Å²) < 4.78 is 9.89. The van der Waals surface area contributed by atoms with Gasteiger partial charge in [-0.2, -0.15) is 0 Å². The van der Waals surface area contributed by atoms with Crippen LogP contribution < -0.4 is 5.73 Å². The molecule has 0 aromatic heterocycles. The standard InChI is InChI=1S/C14H28N2O3/c1-14(15,13(17)19-3)7-4-5-8-16-9-6-12(10-16)11-18-2/h12H,4-11,15H2,1-3H3. The van der Waals surface area contributed by atoms with Crippen molar-refractivity contribution in [2.24, 2.45) is 11.7 Å². The van der Waals surface area contributed by atoms with Gasteiger partial charge in [0.2, 0.25) is 0 Å². The third kappa shape index (κ3) is 5.47. The molecular weight excluding hydrogens is 244 g/mol. The lowest BCUT2D eigenvalue weighted by atomic mass is 9.96. The number of rotatable bonds is 8. The Morgan fingerprint density at radius 3 is 2.79 bits per heavy atom. The highest BCUT2D eigenvalue weighted by Crippen LogP contribution is 2.18. The Kier molecular flexibility index (Phi) is 6.75. The summed E-state index contributed by atoms with van der Waals surface area (Å²) in [6, 6.07) is 0. The highest BCUT2D eigenvalue weighted by molar-refractivity contribution is 5.79. The first-order valence-corrected chi connectivity index (χ1v) is 7.08. The minimum Gasteiger partial charge on any atom is -0.468 e. The number of hydrogen-bond donors (Lipinski definition) is 1. The second-order valence-electron chi connectivity index (χ2n) is 5.78. The SMILES string of the molecule is COCC1CCN(CCCCC(C)(N)C(=O)OC)C1. The number of methoxy groups -OCH3 is 2. The van der Waals surface area contributed by atoms with Gasteiger partial charge in [0.05, 0.1) is 13.7 Å².